The van der Waals surface area contributed by atoms with E-state index in [1.807, 2.05) is 4.90 Å². The van der Waals surface area contributed by atoms with Crippen LogP contribution < -0.4 is 0 Å². The Bertz CT molecular complexity index is 656. The molecule has 2 aliphatic heterocycles. The molecule has 1 atom stereocenters. The van der Waals surface area contributed by atoms with Crippen molar-refractivity contribution in [2.75, 3.05) is 46.0 Å². The van der Waals surface area contributed by atoms with Crippen LogP contribution in [-0.4, -0.2) is 84.6 Å². The molecule has 0 bridgehead atoms. The standard InChI is InChI=1S/C15H22N2O3S.C2HF3O2/c1-13(18)17-5-6-19-12-15(11-17)10-16(4-7-20-15)9-14-3-2-8-21-14;3-2(4,5)1(6)7/h2-3,8H,4-7,9-12H2,1H3;(H,6,7). The third-order valence-electron chi connectivity index (χ3n) is 4.32. The fourth-order valence-corrected chi connectivity index (χ4v) is 3.78. The lowest BCUT2D eigenvalue weighted by molar-refractivity contribution is -0.192. The van der Waals surface area contributed by atoms with Gasteiger partial charge >= 0.3 is 12.1 Å². The molecule has 1 spiro atoms. The highest BCUT2D eigenvalue weighted by Gasteiger charge is 2.41. The van der Waals surface area contributed by atoms with E-state index in [4.69, 9.17) is 19.4 Å². The number of thiophene rings is 1. The molecule has 28 heavy (non-hydrogen) atoms. The van der Waals surface area contributed by atoms with Gasteiger partial charge in [-0.25, -0.2) is 4.79 Å². The molecule has 3 heterocycles. The Morgan fingerprint density at radius 3 is 2.57 bits per heavy atom. The number of aliphatic carboxylic acids is 1. The van der Waals surface area contributed by atoms with Gasteiger partial charge in [0.1, 0.15) is 5.60 Å². The van der Waals surface area contributed by atoms with E-state index in [0.29, 0.717) is 32.9 Å². The summed E-state index contributed by atoms with van der Waals surface area (Å²) < 4.78 is 43.5. The van der Waals surface area contributed by atoms with Gasteiger partial charge in [0.25, 0.3) is 0 Å². The van der Waals surface area contributed by atoms with E-state index in [9.17, 15) is 18.0 Å². The molecule has 2 saturated heterocycles. The molecule has 0 saturated carbocycles. The van der Waals surface area contributed by atoms with Crippen LogP contribution >= 0.6 is 11.3 Å². The van der Waals surface area contributed by atoms with Crippen LogP contribution in [0.2, 0.25) is 0 Å². The molecular weight excluding hydrogens is 401 g/mol. The van der Waals surface area contributed by atoms with E-state index in [-0.39, 0.29) is 11.5 Å². The van der Waals surface area contributed by atoms with Gasteiger partial charge in [-0.1, -0.05) is 6.07 Å². The van der Waals surface area contributed by atoms with E-state index >= 15 is 0 Å². The van der Waals surface area contributed by atoms with Crippen molar-refractivity contribution in [3.63, 3.8) is 0 Å². The Hall–Kier alpha value is -1.69. The van der Waals surface area contributed by atoms with Gasteiger partial charge in [-0.3, -0.25) is 9.69 Å². The van der Waals surface area contributed by atoms with E-state index in [2.05, 4.69) is 22.4 Å². The molecule has 1 aromatic heterocycles. The van der Waals surface area contributed by atoms with E-state index in [1.165, 1.54) is 4.88 Å². The second-order valence-electron chi connectivity index (χ2n) is 6.62. The van der Waals surface area contributed by atoms with Gasteiger partial charge in [-0.2, -0.15) is 13.2 Å². The second-order valence-corrected chi connectivity index (χ2v) is 7.65. The Morgan fingerprint density at radius 1 is 1.29 bits per heavy atom. The van der Waals surface area contributed by atoms with Crippen LogP contribution in [0.4, 0.5) is 13.2 Å². The molecule has 1 N–H and O–H groups in total. The summed E-state index contributed by atoms with van der Waals surface area (Å²) in [5.74, 6) is -2.66. The largest absolute Gasteiger partial charge is 0.490 e. The Balaban J connectivity index is 0.000000345. The quantitative estimate of drug-likeness (QED) is 0.781. The van der Waals surface area contributed by atoms with Crippen molar-refractivity contribution < 1.29 is 37.3 Å². The Labute approximate surface area is 164 Å². The molecule has 158 valence electrons. The number of halogens is 3. The maximum atomic E-state index is 11.7. The van der Waals surface area contributed by atoms with E-state index in [0.717, 1.165) is 19.6 Å². The number of hydrogen-bond donors (Lipinski definition) is 1. The minimum Gasteiger partial charge on any atom is -0.475 e. The number of morpholine rings is 1. The first-order chi connectivity index (χ1) is 13.1. The molecule has 7 nitrogen and oxygen atoms in total. The number of carbonyl (C=O) groups is 2. The molecule has 0 aliphatic carbocycles. The van der Waals surface area contributed by atoms with Crippen LogP contribution in [0.5, 0.6) is 0 Å². The molecule has 2 aliphatic rings. The van der Waals surface area contributed by atoms with Crippen molar-refractivity contribution in [3.8, 4) is 0 Å². The SMILES string of the molecule is CC(=O)N1CCOCC2(CN(Cc3cccs3)CCO2)C1.O=C(O)C(F)(F)F. The molecule has 2 fully saturated rings. The third kappa shape index (κ3) is 6.73. The van der Waals surface area contributed by atoms with E-state index in [1.54, 1.807) is 18.3 Å². The highest BCUT2D eigenvalue weighted by Crippen LogP contribution is 2.24. The minimum absolute atomic E-state index is 0.0962. The van der Waals surface area contributed by atoms with Gasteiger partial charge in [-0.15, -0.1) is 11.3 Å². The minimum atomic E-state index is -5.08. The average Bonchev–Trinajstić information content (AvgIpc) is 3.02. The molecule has 1 amide bonds. The highest BCUT2D eigenvalue weighted by atomic mass is 32.1. The summed E-state index contributed by atoms with van der Waals surface area (Å²) in [5, 5.41) is 9.23. The van der Waals surface area contributed by atoms with Gasteiger partial charge in [0.2, 0.25) is 5.91 Å². The summed E-state index contributed by atoms with van der Waals surface area (Å²) in [6, 6.07) is 4.25. The van der Waals surface area contributed by atoms with Crippen LogP contribution in [-0.2, 0) is 25.6 Å². The summed E-state index contributed by atoms with van der Waals surface area (Å²) in [4.78, 5) is 26.2. The third-order valence-corrected chi connectivity index (χ3v) is 5.19. The second kappa shape index (κ2) is 9.68. The fraction of sp³-hybridized carbons (Fsp3) is 0.647. The van der Waals surface area contributed by atoms with Crippen molar-refractivity contribution in [2.24, 2.45) is 0 Å². The number of alkyl halides is 3. The van der Waals surface area contributed by atoms with Crippen LogP contribution in [0.1, 0.15) is 11.8 Å². The predicted octanol–water partition coefficient (Wildman–Crippen LogP) is 1.83. The smallest absolute Gasteiger partial charge is 0.475 e. The molecule has 1 unspecified atom stereocenters. The number of carboxylic acids is 1. The lowest BCUT2D eigenvalue weighted by Gasteiger charge is -2.43. The number of rotatable bonds is 2. The summed E-state index contributed by atoms with van der Waals surface area (Å²) >= 11 is 1.78. The van der Waals surface area contributed by atoms with Gasteiger partial charge in [0.05, 0.1) is 26.4 Å². The van der Waals surface area contributed by atoms with Crippen molar-refractivity contribution >= 4 is 23.2 Å². The number of carboxylic acid groups (broad SMARTS) is 1. The van der Waals surface area contributed by atoms with Gasteiger partial charge in [0, 0.05) is 38.0 Å². The van der Waals surface area contributed by atoms with Crippen LogP contribution in [0.25, 0.3) is 0 Å². The van der Waals surface area contributed by atoms with Crippen molar-refractivity contribution in [3.05, 3.63) is 22.4 Å². The van der Waals surface area contributed by atoms with Gasteiger partial charge in [-0.05, 0) is 11.4 Å². The lowest BCUT2D eigenvalue weighted by Crippen LogP contribution is -2.58. The van der Waals surface area contributed by atoms with Crippen LogP contribution in [0, 0.1) is 0 Å². The number of nitrogens with zero attached hydrogens (tertiary/aromatic N) is 2. The topological polar surface area (TPSA) is 79.3 Å². The van der Waals surface area contributed by atoms with Crippen molar-refractivity contribution in [2.45, 2.75) is 25.2 Å². The predicted molar refractivity (Wildman–Crippen MR) is 95.0 cm³/mol. The summed E-state index contributed by atoms with van der Waals surface area (Å²) in [6.07, 6.45) is -5.08. The fourth-order valence-electron chi connectivity index (χ4n) is 3.04. The zero-order chi connectivity index (χ0) is 20.8. The summed E-state index contributed by atoms with van der Waals surface area (Å²) in [7, 11) is 0. The number of amides is 1. The maximum Gasteiger partial charge on any atom is 0.490 e. The average molecular weight is 424 g/mol. The van der Waals surface area contributed by atoms with Crippen LogP contribution in [0.3, 0.4) is 0 Å². The molecule has 3 rings (SSSR count). The monoisotopic (exact) mass is 424 g/mol. The first-order valence-corrected chi connectivity index (χ1v) is 9.51. The number of carbonyl (C=O) groups excluding carboxylic acids is 1. The zero-order valence-corrected chi connectivity index (χ0v) is 16.2. The number of ether oxygens (including phenoxy) is 2. The highest BCUT2D eigenvalue weighted by molar-refractivity contribution is 7.09. The molecule has 0 radical (unpaired) electrons. The van der Waals surface area contributed by atoms with Gasteiger partial charge < -0.3 is 19.5 Å². The van der Waals surface area contributed by atoms with Crippen molar-refractivity contribution in [1.82, 2.24) is 9.80 Å². The van der Waals surface area contributed by atoms with Crippen molar-refractivity contribution in [1.29, 1.82) is 0 Å². The zero-order valence-electron chi connectivity index (χ0n) is 15.4. The summed E-state index contributed by atoms with van der Waals surface area (Å²) in [5.41, 5.74) is -0.377. The molecule has 0 aromatic carbocycles. The van der Waals surface area contributed by atoms with Gasteiger partial charge in [0.15, 0.2) is 0 Å². The normalized spacial score (nSPS) is 23.6. The first kappa shape index (κ1) is 22.6. The molecule has 1 aromatic rings. The molecule has 11 heteroatoms. The Morgan fingerprint density at radius 2 is 2.00 bits per heavy atom. The van der Waals surface area contributed by atoms with Crippen LogP contribution in [0.15, 0.2) is 17.5 Å². The summed E-state index contributed by atoms with van der Waals surface area (Å²) in [6.45, 7) is 7.45. The lowest BCUT2D eigenvalue weighted by atomic mass is 10.0. The van der Waals surface area contributed by atoms with E-state index < -0.39 is 12.1 Å². The maximum absolute atomic E-state index is 11.7. The first-order valence-electron chi connectivity index (χ1n) is 8.63. The number of hydrogen-bond acceptors (Lipinski definition) is 6. The Kier molecular flexibility index (Phi) is 7.81. The molecular formula is C17H23F3N2O5S.